The summed E-state index contributed by atoms with van der Waals surface area (Å²) in [5.41, 5.74) is -1.74. The van der Waals surface area contributed by atoms with Crippen LogP contribution in [0.3, 0.4) is 0 Å². The normalized spacial score (nSPS) is 11.5. The van der Waals surface area contributed by atoms with Gasteiger partial charge in [0.25, 0.3) is 5.91 Å². The average Bonchev–Trinajstić information content (AvgIpc) is 2.81. The zero-order valence-corrected chi connectivity index (χ0v) is 10.9. The van der Waals surface area contributed by atoms with Crippen LogP contribution in [0.5, 0.6) is 0 Å². The largest absolute Gasteiger partial charge is 0.465 e. The third-order valence-electron chi connectivity index (χ3n) is 2.75. The van der Waals surface area contributed by atoms with Crippen molar-refractivity contribution in [2.45, 2.75) is 19.6 Å². The number of amides is 1. The molecule has 0 aliphatic rings. The maximum Gasteiger partial charge on any atom is 0.419 e. The summed E-state index contributed by atoms with van der Waals surface area (Å²) in [5, 5.41) is 2.40. The fourth-order valence-electron chi connectivity index (χ4n) is 1.73. The summed E-state index contributed by atoms with van der Waals surface area (Å²) in [5.74, 6) is -1.03. The van der Waals surface area contributed by atoms with E-state index in [1.54, 1.807) is 19.1 Å². The molecule has 1 aromatic heterocycles. The number of furan rings is 1. The van der Waals surface area contributed by atoms with Crippen molar-refractivity contribution in [2.75, 3.05) is 0 Å². The highest BCUT2D eigenvalue weighted by molar-refractivity contribution is 5.94. The van der Waals surface area contributed by atoms with Gasteiger partial charge in [0.15, 0.2) is 0 Å². The van der Waals surface area contributed by atoms with Crippen molar-refractivity contribution in [1.82, 2.24) is 5.32 Å². The van der Waals surface area contributed by atoms with E-state index in [1.165, 1.54) is 0 Å². The minimum Gasteiger partial charge on any atom is -0.465 e. The van der Waals surface area contributed by atoms with Crippen molar-refractivity contribution in [2.24, 2.45) is 0 Å². The average molecular weight is 301 g/mol. The van der Waals surface area contributed by atoms with Crippen molar-refractivity contribution < 1.29 is 26.8 Å². The van der Waals surface area contributed by atoms with E-state index in [9.17, 15) is 22.4 Å². The van der Waals surface area contributed by atoms with E-state index in [-0.39, 0.29) is 12.1 Å². The Kier molecular flexibility index (Phi) is 4.02. The van der Waals surface area contributed by atoms with Gasteiger partial charge >= 0.3 is 6.18 Å². The molecule has 1 aromatic carbocycles. The van der Waals surface area contributed by atoms with E-state index < -0.39 is 23.5 Å². The van der Waals surface area contributed by atoms with Gasteiger partial charge in [-0.1, -0.05) is 0 Å². The van der Waals surface area contributed by atoms with Gasteiger partial charge < -0.3 is 9.73 Å². The lowest BCUT2D eigenvalue weighted by molar-refractivity contribution is -0.140. The molecule has 0 bridgehead atoms. The molecule has 0 saturated heterocycles. The Labute approximate surface area is 117 Å². The zero-order chi connectivity index (χ0) is 15.6. The number of carbonyl (C=O) groups is 1. The number of alkyl halides is 3. The summed E-state index contributed by atoms with van der Waals surface area (Å²) >= 11 is 0. The van der Waals surface area contributed by atoms with Crippen LogP contribution in [-0.2, 0) is 12.7 Å². The fraction of sp³-hybridized carbons (Fsp3) is 0.214. The third-order valence-corrected chi connectivity index (χ3v) is 2.75. The van der Waals surface area contributed by atoms with E-state index in [0.29, 0.717) is 23.7 Å². The zero-order valence-electron chi connectivity index (χ0n) is 10.9. The van der Waals surface area contributed by atoms with Crippen molar-refractivity contribution in [3.63, 3.8) is 0 Å². The lowest BCUT2D eigenvalue weighted by Crippen LogP contribution is -2.23. The molecule has 0 radical (unpaired) electrons. The van der Waals surface area contributed by atoms with Crippen molar-refractivity contribution in [3.05, 3.63) is 58.8 Å². The standard InChI is InChI=1S/C14H11F4NO2/c1-8-2-4-10(21-8)7-19-13(20)9-3-5-12(15)11(6-9)14(16,17)18/h2-6H,7H2,1H3,(H,19,20). The summed E-state index contributed by atoms with van der Waals surface area (Å²) < 4.78 is 56.0. The molecule has 1 amide bonds. The Morgan fingerprint density at radius 2 is 1.95 bits per heavy atom. The van der Waals surface area contributed by atoms with Gasteiger partial charge in [-0.2, -0.15) is 13.2 Å². The molecule has 0 aliphatic carbocycles. The fourth-order valence-corrected chi connectivity index (χ4v) is 1.73. The first-order chi connectivity index (χ1) is 9.77. The molecule has 1 N–H and O–H groups in total. The van der Waals surface area contributed by atoms with Gasteiger partial charge in [0.2, 0.25) is 0 Å². The molecule has 2 aromatic rings. The van der Waals surface area contributed by atoms with Crippen LogP contribution in [0.25, 0.3) is 0 Å². The van der Waals surface area contributed by atoms with Crippen molar-refractivity contribution in [3.8, 4) is 0 Å². The topological polar surface area (TPSA) is 42.2 Å². The Morgan fingerprint density at radius 3 is 2.52 bits per heavy atom. The third kappa shape index (κ3) is 3.62. The van der Waals surface area contributed by atoms with Crippen LogP contribution in [-0.4, -0.2) is 5.91 Å². The van der Waals surface area contributed by atoms with Gasteiger partial charge in [-0.05, 0) is 37.3 Å². The molecule has 2 rings (SSSR count). The molecule has 1 heterocycles. The number of hydrogen-bond donors (Lipinski definition) is 1. The minimum atomic E-state index is -4.85. The molecule has 3 nitrogen and oxygen atoms in total. The summed E-state index contributed by atoms with van der Waals surface area (Å²) in [6, 6.07) is 5.43. The predicted octanol–water partition coefficient (Wildman–Crippen LogP) is 3.68. The molecule has 0 atom stereocenters. The van der Waals surface area contributed by atoms with Crippen LogP contribution >= 0.6 is 0 Å². The Bertz CT molecular complexity index is 661. The summed E-state index contributed by atoms with van der Waals surface area (Å²) in [4.78, 5) is 11.8. The lowest BCUT2D eigenvalue weighted by atomic mass is 10.1. The molecule has 21 heavy (non-hydrogen) atoms. The SMILES string of the molecule is Cc1ccc(CNC(=O)c2ccc(F)c(C(F)(F)F)c2)o1. The van der Waals surface area contributed by atoms with Crippen molar-refractivity contribution >= 4 is 5.91 Å². The van der Waals surface area contributed by atoms with Gasteiger partial charge in [-0.25, -0.2) is 4.39 Å². The summed E-state index contributed by atoms with van der Waals surface area (Å²) in [6.07, 6.45) is -4.85. The number of hydrogen-bond acceptors (Lipinski definition) is 2. The van der Waals surface area contributed by atoms with Crippen LogP contribution in [0.15, 0.2) is 34.7 Å². The highest BCUT2D eigenvalue weighted by atomic mass is 19.4. The minimum absolute atomic E-state index is 0.0331. The first-order valence-electron chi connectivity index (χ1n) is 5.97. The maximum absolute atomic E-state index is 13.1. The number of aryl methyl sites for hydroxylation is 1. The van der Waals surface area contributed by atoms with Gasteiger partial charge in [-0.15, -0.1) is 0 Å². The molecular weight excluding hydrogens is 290 g/mol. The van der Waals surface area contributed by atoms with E-state index in [1.807, 2.05) is 0 Å². The van der Waals surface area contributed by atoms with E-state index in [4.69, 9.17) is 4.42 Å². The number of benzene rings is 1. The van der Waals surface area contributed by atoms with Crippen LogP contribution in [0.4, 0.5) is 17.6 Å². The van der Waals surface area contributed by atoms with Crippen LogP contribution < -0.4 is 5.32 Å². The molecule has 112 valence electrons. The molecule has 0 saturated carbocycles. The van der Waals surface area contributed by atoms with Gasteiger partial charge in [-0.3, -0.25) is 4.79 Å². The van der Waals surface area contributed by atoms with Crippen LogP contribution in [0, 0.1) is 12.7 Å². The highest BCUT2D eigenvalue weighted by Gasteiger charge is 2.34. The maximum atomic E-state index is 13.1. The quantitative estimate of drug-likeness (QED) is 0.879. The lowest BCUT2D eigenvalue weighted by Gasteiger charge is -2.10. The number of carbonyl (C=O) groups excluding carboxylic acids is 1. The predicted molar refractivity (Wildman–Crippen MR) is 66.0 cm³/mol. The Hall–Kier alpha value is -2.31. The monoisotopic (exact) mass is 301 g/mol. The number of nitrogens with one attached hydrogen (secondary N) is 1. The smallest absolute Gasteiger partial charge is 0.419 e. The molecular formula is C14H11F4NO2. The van der Waals surface area contributed by atoms with E-state index >= 15 is 0 Å². The second-order valence-corrected chi connectivity index (χ2v) is 4.39. The summed E-state index contributed by atoms with van der Waals surface area (Å²) in [6.45, 7) is 1.76. The molecule has 0 unspecified atom stereocenters. The highest BCUT2D eigenvalue weighted by Crippen LogP contribution is 2.31. The molecule has 7 heteroatoms. The van der Waals surface area contributed by atoms with Gasteiger partial charge in [0, 0.05) is 5.56 Å². The molecule has 0 fully saturated rings. The van der Waals surface area contributed by atoms with Gasteiger partial charge in [0.1, 0.15) is 17.3 Å². The first kappa shape index (κ1) is 15.1. The Balaban J connectivity index is 2.12. The van der Waals surface area contributed by atoms with Crippen molar-refractivity contribution in [1.29, 1.82) is 0 Å². The first-order valence-corrected chi connectivity index (χ1v) is 5.97. The van der Waals surface area contributed by atoms with E-state index in [0.717, 1.165) is 6.07 Å². The molecule has 0 spiro atoms. The second kappa shape index (κ2) is 5.59. The van der Waals surface area contributed by atoms with Crippen LogP contribution in [0.1, 0.15) is 27.4 Å². The molecule has 0 aliphatic heterocycles. The second-order valence-electron chi connectivity index (χ2n) is 4.39. The number of rotatable bonds is 3. The summed E-state index contributed by atoms with van der Waals surface area (Å²) in [7, 11) is 0. The van der Waals surface area contributed by atoms with E-state index in [2.05, 4.69) is 5.32 Å². The number of halogens is 4. The van der Waals surface area contributed by atoms with Gasteiger partial charge in [0.05, 0.1) is 12.1 Å². The Morgan fingerprint density at radius 1 is 1.24 bits per heavy atom. The van der Waals surface area contributed by atoms with Crippen LogP contribution in [0.2, 0.25) is 0 Å².